The van der Waals surface area contributed by atoms with Crippen molar-refractivity contribution in [2.75, 3.05) is 32.2 Å². The third-order valence-corrected chi connectivity index (χ3v) is 2.78. The number of halogens is 3. The van der Waals surface area contributed by atoms with E-state index in [0.29, 0.717) is 5.82 Å². The minimum Gasteiger partial charge on any atom is -0.497 e. The molecule has 2 rings (SSSR count). The summed E-state index contributed by atoms with van der Waals surface area (Å²) < 4.78 is 45.4. The van der Waals surface area contributed by atoms with Gasteiger partial charge in [0.05, 0.1) is 13.7 Å². The first kappa shape index (κ1) is 15.4. The van der Waals surface area contributed by atoms with Crippen LogP contribution in [0.25, 0.3) is 10.8 Å². The molecule has 2 aromatic rings. The van der Waals surface area contributed by atoms with E-state index in [0.717, 1.165) is 16.5 Å². The minimum atomic E-state index is -4.30. The summed E-state index contributed by atoms with van der Waals surface area (Å²) in [6.07, 6.45) is -2.67. The first-order valence-corrected chi connectivity index (χ1v) is 6.31. The zero-order valence-corrected chi connectivity index (χ0v) is 11.4. The molecule has 0 aliphatic carbocycles. The number of benzene rings is 1. The van der Waals surface area contributed by atoms with Gasteiger partial charge in [0.1, 0.15) is 18.2 Å². The number of aromatic nitrogens is 1. The van der Waals surface area contributed by atoms with Gasteiger partial charge in [-0.25, -0.2) is 4.98 Å². The van der Waals surface area contributed by atoms with Crippen molar-refractivity contribution in [2.24, 2.45) is 0 Å². The molecule has 0 atom stereocenters. The van der Waals surface area contributed by atoms with Crippen LogP contribution in [-0.4, -0.2) is 38.0 Å². The molecular formula is C14H15F3N2O2. The molecule has 1 N–H and O–H groups in total. The van der Waals surface area contributed by atoms with Crippen molar-refractivity contribution >= 4 is 16.6 Å². The number of fused-ring (bicyclic) bond motifs is 1. The average molecular weight is 300 g/mol. The highest BCUT2D eigenvalue weighted by atomic mass is 19.4. The average Bonchev–Trinajstić information content (AvgIpc) is 2.45. The fourth-order valence-corrected chi connectivity index (χ4v) is 1.85. The number of pyridine rings is 1. The van der Waals surface area contributed by atoms with Crippen molar-refractivity contribution in [3.05, 3.63) is 30.5 Å². The zero-order valence-electron chi connectivity index (χ0n) is 11.4. The van der Waals surface area contributed by atoms with Gasteiger partial charge in [0.15, 0.2) is 0 Å². The van der Waals surface area contributed by atoms with Gasteiger partial charge in [0.2, 0.25) is 0 Å². The molecule has 0 saturated heterocycles. The first-order valence-electron chi connectivity index (χ1n) is 6.31. The Bertz CT molecular complexity index is 602. The summed E-state index contributed by atoms with van der Waals surface area (Å²) in [6.45, 7) is -1.04. The van der Waals surface area contributed by atoms with Gasteiger partial charge in [-0.1, -0.05) is 0 Å². The molecule has 21 heavy (non-hydrogen) atoms. The van der Waals surface area contributed by atoms with Crippen molar-refractivity contribution in [3.8, 4) is 5.75 Å². The Kier molecular flexibility index (Phi) is 4.85. The highest BCUT2D eigenvalue weighted by Gasteiger charge is 2.27. The molecule has 0 amide bonds. The Balaban J connectivity index is 1.96. The Morgan fingerprint density at radius 2 is 2.05 bits per heavy atom. The Labute approximate surface area is 119 Å². The van der Waals surface area contributed by atoms with Gasteiger partial charge in [-0.2, -0.15) is 13.2 Å². The molecule has 114 valence electrons. The third kappa shape index (κ3) is 4.49. The van der Waals surface area contributed by atoms with Gasteiger partial charge in [0, 0.05) is 18.1 Å². The quantitative estimate of drug-likeness (QED) is 0.832. The summed E-state index contributed by atoms with van der Waals surface area (Å²) in [5, 5.41) is 4.77. The van der Waals surface area contributed by atoms with E-state index in [1.165, 1.54) is 0 Å². The number of hydrogen-bond acceptors (Lipinski definition) is 4. The number of rotatable bonds is 6. The predicted octanol–water partition coefficient (Wildman–Crippen LogP) is 3.23. The summed E-state index contributed by atoms with van der Waals surface area (Å²) in [6, 6.07) is 7.35. The maximum absolute atomic E-state index is 11.9. The monoisotopic (exact) mass is 300 g/mol. The molecule has 1 heterocycles. The summed E-state index contributed by atoms with van der Waals surface area (Å²) in [5.41, 5.74) is 0. The van der Waals surface area contributed by atoms with Gasteiger partial charge in [0.25, 0.3) is 0 Å². The number of ether oxygens (including phenoxy) is 2. The number of methoxy groups -OCH3 is 1. The molecule has 1 aromatic heterocycles. The van der Waals surface area contributed by atoms with Crippen molar-refractivity contribution in [2.45, 2.75) is 6.18 Å². The number of hydrogen-bond donors (Lipinski definition) is 1. The number of nitrogens with zero attached hydrogens (tertiary/aromatic N) is 1. The lowest BCUT2D eigenvalue weighted by Crippen LogP contribution is -2.20. The normalized spacial score (nSPS) is 11.6. The van der Waals surface area contributed by atoms with Gasteiger partial charge < -0.3 is 14.8 Å². The standard InChI is InChI=1S/C14H15F3N2O2/c1-20-11-2-3-12-10(8-11)4-5-18-13(12)19-6-7-21-9-14(15,16)17/h2-5,8H,6-7,9H2,1H3,(H,18,19). The smallest absolute Gasteiger partial charge is 0.411 e. The van der Waals surface area contributed by atoms with Crippen LogP contribution in [0.1, 0.15) is 0 Å². The molecule has 0 unspecified atom stereocenters. The van der Waals surface area contributed by atoms with Gasteiger partial charge in [-0.05, 0) is 29.7 Å². The molecule has 0 radical (unpaired) electrons. The van der Waals surface area contributed by atoms with E-state index in [4.69, 9.17) is 4.74 Å². The van der Waals surface area contributed by atoms with Crippen LogP contribution >= 0.6 is 0 Å². The molecule has 1 aromatic carbocycles. The SMILES string of the molecule is COc1ccc2c(NCCOCC(F)(F)F)nccc2c1. The third-order valence-electron chi connectivity index (χ3n) is 2.78. The van der Waals surface area contributed by atoms with E-state index >= 15 is 0 Å². The van der Waals surface area contributed by atoms with Crippen LogP contribution in [0.5, 0.6) is 5.75 Å². The molecular weight excluding hydrogens is 285 g/mol. The van der Waals surface area contributed by atoms with Crippen LogP contribution in [0.3, 0.4) is 0 Å². The number of nitrogens with one attached hydrogen (secondary N) is 1. The molecule has 0 fully saturated rings. The van der Waals surface area contributed by atoms with Crippen LogP contribution in [0.2, 0.25) is 0 Å². The Morgan fingerprint density at radius 1 is 1.24 bits per heavy atom. The molecule has 0 bridgehead atoms. The largest absolute Gasteiger partial charge is 0.497 e. The molecule has 0 spiro atoms. The van der Waals surface area contributed by atoms with E-state index in [1.807, 2.05) is 18.2 Å². The van der Waals surface area contributed by atoms with Gasteiger partial charge in [-0.15, -0.1) is 0 Å². The Hall–Kier alpha value is -2.02. The lowest BCUT2D eigenvalue weighted by molar-refractivity contribution is -0.172. The maximum Gasteiger partial charge on any atom is 0.411 e. The van der Waals surface area contributed by atoms with E-state index in [9.17, 15) is 13.2 Å². The second-order valence-corrected chi connectivity index (χ2v) is 4.34. The van der Waals surface area contributed by atoms with Crippen molar-refractivity contribution in [1.82, 2.24) is 4.98 Å². The molecule has 0 aliphatic rings. The summed E-state index contributed by atoms with van der Waals surface area (Å²) in [5.74, 6) is 1.33. The lowest BCUT2D eigenvalue weighted by Gasteiger charge is -2.11. The summed E-state index contributed by atoms with van der Waals surface area (Å²) in [7, 11) is 1.58. The Morgan fingerprint density at radius 3 is 2.76 bits per heavy atom. The molecule has 7 heteroatoms. The molecule has 0 aliphatic heterocycles. The summed E-state index contributed by atoms with van der Waals surface area (Å²) >= 11 is 0. The van der Waals surface area contributed by atoms with Crippen LogP contribution in [0.4, 0.5) is 19.0 Å². The number of alkyl halides is 3. The van der Waals surface area contributed by atoms with Crippen LogP contribution in [0, 0.1) is 0 Å². The minimum absolute atomic E-state index is 0.0479. The summed E-state index contributed by atoms with van der Waals surface area (Å²) in [4.78, 5) is 4.18. The predicted molar refractivity (Wildman–Crippen MR) is 73.7 cm³/mol. The lowest BCUT2D eigenvalue weighted by atomic mass is 10.1. The van der Waals surface area contributed by atoms with Crippen molar-refractivity contribution in [3.63, 3.8) is 0 Å². The van der Waals surface area contributed by atoms with Crippen molar-refractivity contribution < 1.29 is 22.6 Å². The maximum atomic E-state index is 11.9. The van der Waals surface area contributed by atoms with Crippen molar-refractivity contribution in [1.29, 1.82) is 0 Å². The van der Waals surface area contributed by atoms with Gasteiger partial charge >= 0.3 is 6.18 Å². The highest BCUT2D eigenvalue weighted by molar-refractivity contribution is 5.92. The fraction of sp³-hybridized carbons (Fsp3) is 0.357. The fourth-order valence-electron chi connectivity index (χ4n) is 1.85. The molecule has 0 saturated carbocycles. The van der Waals surface area contributed by atoms with Crippen LogP contribution in [-0.2, 0) is 4.74 Å². The van der Waals surface area contributed by atoms with E-state index in [-0.39, 0.29) is 13.2 Å². The van der Waals surface area contributed by atoms with E-state index < -0.39 is 12.8 Å². The van der Waals surface area contributed by atoms with E-state index in [2.05, 4.69) is 15.0 Å². The second kappa shape index (κ2) is 6.62. The molecule has 4 nitrogen and oxygen atoms in total. The van der Waals surface area contributed by atoms with Crippen LogP contribution < -0.4 is 10.1 Å². The topological polar surface area (TPSA) is 43.4 Å². The van der Waals surface area contributed by atoms with E-state index in [1.54, 1.807) is 19.4 Å². The number of anilines is 1. The highest BCUT2D eigenvalue weighted by Crippen LogP contribution is 2.25. The first-order chi connectivity index (χ1) is 9.99. The zero-order chi connectivity index (χ0) is 15.3. The van der Waals surface area contributed by atoms with Crippen LogP contribution in [0.15, 0.2) is 30.5 Å². The second-order valence-electron chi connectivity index (χ2n) is 4.34. The van der Waals surface area contributed by atoms with Gasteiger partial charge in [-0.3, -0.25) is 0 Å².